The van der Waals surface area contributed by atoms with Gasteiger partial charge < -0.3 is 16.0 Å². The van der Waals surface area contributed by atoms with Crippen LogP contribution in [0.15, 0.2) is 48.2 Å². The molecule has 0 spiro atoms. The van der Waals surface area contributed by atoms with Gasteiger partial charge in [-0.2, -0.15) is 5.10 Å². The molecule has 170 valence electrons. The van der Waals surface area contributed by atoms with Crippen molar-refractivity contribution in [2.45, 2.75) is 38.6 Å². The van der Waals surface area contributed by atoms with E-state index in [2.05, 4.69) is 63.4 Å². The second-order valence-electron chi connectivity index (χ2n) is 8.70. The van der Waals surface area contributed by atoms with E-state index in [9.17, 15) is 4.79 Å². The molecule has 9 heteroatoms. The lowest BCUT2D eigenvalue weighted by Crippen LogP contribution is -2.37. The Hall–Kier alpha value is -3.30. The zero-order chi connectivity index (χ0) is 22.9. The fourth-order valence-electron chi connectivity index (χ4n) is 4.43. The molecule has 4 heterocycles. The minimum atomic E-state index is -0.443. The third-order valence-electron chi connectivity index (χ3n) is 6.35. The summed E-state index contributed by atoms with van der Waals surface area (Å²) in [5.74, 6) is 0.798. The van der Waals surface area contributed by atoms with Crippen molar-refractivity contribution in [2.75, 3.05) is 18.4 Å². The number of rotatable bonds is 6. The van der Waals surface area contributed by atoms with Crippen molar-refractivity contribution in [3.8, 4) is 11.3 Å². The van der Waals surface area contributed by atoms with Crippen molar-refractivity contribution < 1.29 is 4.79 Å². The molecule has 0 atom stereocenters. The predicted molar refractivity (Wildman–Crippen MR) is 131 cm³/mol. The van der Waals surface area contributed by atoms with E-state index in [-0.39, 0.29) is 0 Å². The molecule has 0 bridgehead atoms. The van der Waals surface area contributed by atoms with Gasteiger partial charge in [0.2, 0.25) is 0 Å². The number of anilines is 2. The van der Waals surface area contributed by atoms with Gasteiger partial charge in [-0.3, -0.25) is 4.79 Å². The number of primary amides is 1. The standard InChI is InChI=1S/C24H27N7OS/c1-15(2)30-9-7-17(8-10-30)16-3-5-19(6-4-16)29-23-24-27-14-28-31(24)20(12-26-23)18-11-21(22(25)32)33-13-18/h3-6,11-15,17H,7-10H2,1-2H3,(H2,25,32)(H,26,29). The zero-order valence-corrected chi connectivity index (χ0v) is 19.5. The summed E-state index contributed by atoms with van der Waals surface area (Å²) in [7, 11) is 0. The molecule has 4 aromatic rings. The van der Waals surface area contributed by atoms with Crippen molar-refractivity contribution in [2.24, 2.45) is 5.73 Å². The first-order valence-corrected chi connectivity index (χ1v) is 12.1. The highest BCUT2D eigenvalue weighted by molar-refractivity contribution is 7.12. The Bertz CT molecular complexity index is 1270. The fourth-order valence-corrected chi connectivity index (χ4v) is 5.18. The number of thiophene rings is 1. The van der Waals surface area contributed by atoms with E-state index >= 15 is 0 Å². The number of likely N-dealkylation sites (tertiary alicyclic amines) is 1. The van der Waals surface area contributed by atoms with Crippen molar-refractivity contribution in [3.05, 3.63) is 58.7 Å². The molecule has 5 rings (SSSR count). The Labute approximate surface area is 196 Å². The van der Waals surface area contributed by atoms with Crippen LogP contribution in [0.3, 0.4) is 0 Å². The van der Waals surface area contributed by atoms with Crippen LogP contribution in [0.1, 0.15) is 47.8 Å². The number of hydrogen-bond donors (Lipinski definition) is 2. The summed E-state index contributed by atoms with van der Waals surface area (Å²) in [6.07, 6.45) is 5.64. The molecular formula is C24H27N7OS. The second kappa shape index (κ2) is 8.92. The lowest BCUT2D eigenvalue weighted by Gasteiger charge is -2.34. The summed E-state index contributed by atoms with van der Waals surface area (Å²) in [4.78, 5) is 23.5. The third-order valence-corrected chi connectivity index (χ3v) is 7.29. The van der Waals surface area contributed by atoms with Crippen LogP contribution in [0, 0.1) is 0 Å². The number of hydrogen-bond acceptors (Lipinski definition) is 7. The Morgan fingerprint density at radius 3 is 2.61 bits per heavy atom. The number of benzene rings is 1. The Morgan fingerprint density at radius 2 is 1.94 bits per heavy atom. The number of nitrogens with zero attached hydrogens (tertiary/aromatic N) is 5. The number of amides is 1. The second-order valence-corrected chi connectivity index (χ2v) is 9.61. The lowest BCUT2D eigenvalue weighted by atomic mass is 9.89. The Kier molecular flexibility index (Phi) is 5.82. The normalized spacial score (nSPS) is 15.4. The van der Waals surface area contributed by atoms with Gasteiger partial charge in [0, 0.05) is 22.7 Å². The molecule has 1 aromatic carbocycles. The number of fused-ring (bicyclic) bond motifs is 1. The first-order valence-electron chi connectivity index (χ1n) is 11.2. The van der Waals surface area contributed by atoms with Crippen molar-refractivity contribution in [3.63, 3.8) is 0 Å². The van der Waals surface area contributed by atoms with E-state index in [4.69, 9.17) is 5.73 Å². The molecule has 0 radical (unpaired) electrons. The molecule has 1 aliphatic rings. The van der Waals surface area contributed by atoms with Crippen LogP contribution in [-0.4, -0.2) is 49.5 Å². The molecule has 33 heavy (non-hydrogen) atoms. The molecule has 0 unspecified atom stereocenters. The van der Waals surface area contributed by atoms with Gasteiger partial charge in [-0.05, 0) is 69.5 Å². The minimum Gasteiger partial charge on any atom is -0.365 e. The fraction of sp³-hybridized carbons (Fsp3) is 0.333. The number of carbonyl (C=O) groups is 1. The van der Waals surface area contributed by atoms with Gasteiger partial charge in [0.05, 0.1) is 16.8 Å². The molecule has 1 saturated heterocycles. The first-order chi connectivity index (χ1) is 16.0. The van der Waals surface area contributed by atoms with E-state index in [1.165, 1.54) is 36.1 Å². The third kappa shape index (κ3) is 4.34. The van der Waals surface area contributed by atoms with Crippen LogP contribution in [0.4, 0.5) is 11.5 Å². The van der Waals surface area contributed by atoms with Gasteiger partial charge >= 0.3 is 0 Å². The minimum absolute atomic E-state index is 0.443. The van der Waals surface area contributed by atoms with Crippen LogP contribution in [0.25, 0.3) is 16.9 Å². The van der Waals surface area contributed by atoms with Crippen molar-refractivity contribution in [1.29, 1.82) is 0 Å². The van der Waals surface area contributed by atoms with Crippen molar-refractivity contribution in [1.82, 2.24) is 24.5 Å². The molecule has 3 N–H and O–H groups in total. The van der Waals surface area contributed by atoms with Gasteiger partial charge in [-0.15, -0.1) is 11.3 Å². The molecule has 3 aromatic heterocycles. The van der Waals surface area contributed by atoms with E-state index in [1.54, 1.807) is 16.8 Å². The van der Waals surface area contributed by atoms with Crippen LogP contribution >= 0.6 is 11.3 Å². The number of nitrogens with one attached hydrogen (secondary N) is 1. The zero-order valence-electron chi connectivity index (χ0n) is 18.7. The first kappa shape index (κ1) is 21.5. The predicted octanol–water partition coefficient (Wildman–Crippen LogP) is 4.28. The van der Waals surface area contributed by atoms with Crippen LogP contribution in [-0.2, 0) is 0 Å². The smallest absolute Gasteiger partial charge is 0.258 e. The molecule has 8 nitrogen and oxygen atoms in total. The van der Waals surface area contributed by atoms with Gasteiger partial charge in [-0.25, -0.2) is 14.5 Å². The molecule has 1 aliphatic heterocycles. The molecule has 1 amide bonds. The summed E-state index contributed by atoms with van der Waals surface area (Å²) >= 11 is 1.30. The summed E-state index contributed by atoms with van der Waals surface area (Å²) in [6.45, 7) is 6.86. The average molecular weight is 462 g/mol. The summed E-state index contributed by atoms with van der Waals surface area (Å²) in [6, 6.07) is 11.0. The highest BCUT2D eigenvalue weighted by atomic mass is 32.1. The topological polar surface area (TPSA) is 101 Å². The van der Waals surface area contributed by atoms with E-state index in [1.807, 2.05) is 5.38 Å². The summed E-state index contributed by atoms with van der Waals surface area (Å²) in [5.41, 5.74) is 9.93. The maximum absolute atomic E-state index is 11.5. The summed E-state index contributed by atoms with van der Waals surface area (Å²) in [5, 5.41) is 9.60. The SMILES string of the molecule is CC(C)N1CCC(c2ccc(Nc3ncc(-c4csc(C(N)=O)c4)n4ncnc34)cc2)CC1. The van der Waals surface area contributed by atoms with Crippen LogP contribution in [0.2, 0.25) is 0 Å². The molecule has 0 saturated carbocycles. The quantitative estimate of drug-likeness (QED) is 0.444. The Balaban J connectivity index is 1.33. The highest BCUT2D eigenvalue weighted by Gasteiger charge is 2.22. The lowest BCUT2D eigenvalue weighted by molar-refractivity contribution is 0.100. The average Bonchev–Trinajstić information content (AvgIpc) is 3.51. The Morgan fingerprint density at radius 1 is 1.18 bits per heavy atom. The maximum atomic E-state index is 11.5. The van der Waals surface area contributed by atoms with Crippen molar-refractivity contribution >= 4 is 34.4 Å². The van der Waals surface area contributed by atoms with Crippen LogP contribution in [0.5, 0.6) is 0 Å². The van der Waals surface area contributed by atoms with Gasteiger partial charge in [-0.1, -0.05) is 12.1 Å². The number of carbonyl (C=O) groups excluding carboxylic acids is 1. The maximum Gasteiger partial charge on any atom is 0.258 e. The molecular weight excluding hydrogens is 434 g/mol. The number of nitrogens with two attached hydrogens (primary N) is 1. The highest BCUT2D eigenvalue weighted by Crippen LogP contribution is 2.31. The van der Waals surface area contributed by atoms with Crippen LogP contribution < -0.4 is 11.1 Å². The van der Waals surface area contributed by atoms with E-state index < -0.39 is 5.91 Å². The number of piperidine rings is 1. The van der Waals surface area contributed by atoms with Gasteiger partial charge in [0.25, 0.3) is 5.91 Å². The van der Waals surface area contributed by atoms with E-state index in [0.29, 0.717) is 28.3 Å². The van der Waals surface area contributed by atoms with Gasteiger partial charge in [0.1, 0.15) is 6.33 Å². The van der Waals surface area contributed by atoms with E-state index in [0.717, 1.165) is 30.0 Å². The molecule has 0 aliphatic carbocycles. The largest absolute Gasteiger partial charge is 0.365 e. The summed E-state index contributed by atoms with van der Waals surface area (Å²) < 4.78 is 1.72. The monoisotopic (exact) mass is 461 g/mol. The van der Waals surface area contributed by atoms with Gasteiger partial charge in [0.15, 0.2) is 11.5 Å². The molecule has 1 fully saturated rings. The number of aromatic nitrogens is 4.